The summed E-state index contributed by atoms with van der Waals surface area (Å²) in [6.45, 7) is 4.76. The average molecular weight is 354 g/mol. The molecule has 0 saturated heterocycles. The second-order valence-electron chi connectivity index (χ2n) is 5.76. The lowest BCUT2D eigenvalue weighted by atomic mass is 9.93. The molecule has 0 unspecified atom stereocenters. The van der Waals surface area contributed by atoms with Gasteiger partial charge in [0.2, 0.25) is 0 Å². The first-order valence-electron chi connectivity index (χ1n) is 8.44. The Balaban J connectivity index is 2.35. The number of carbonyl (C=O) groups is 2. The van der Waals surface area contributed by atoms with Gasteiger partial charge >= 0.3 is 0 Å². The van der Waals surface area contributed by atoms with Gasteiger partial charge < -0.3 is 9.47 Å². The summed E-state index contributed by atoms with van der Waals surface area (Å²) in [6, 6.07) is 9.13. The van der Waals surface area contributed by atoms with Gasteiger partial charge in [0.05, 0.1) is 7.11 Å². The van der Waals surface area contributed by atoms with Crippen molar-refractivity contribution in [3.8, 4) is 11.8 Å². The number of ether oxygens (including phenoxy) is 2. The lowest BCUT2D eigenvalue weighted by Gasteiger charge is -2.27. The van der Waals surface area contributed by atoms with E-state index in [-0.39, 0.29) is 18.0 Å². The molecule has 0 spiro atoms. The number of nitrogens with zero attached hydrogens (tertiary/aromatic N) is 2. The summed E-state index contributed by atoms with van der Waals surface area (Å²) in [5.41, 5.74) is 1.54. The van der Waals surface area contributed by atoms with E-state index in [1.54, 1.807) is 32.2 Å². The predicted molar refractivity (Wildman–Crippen MR) is 97.1 cm³/mol. The molecule has 0 atom stereocenters. The van der Waals surface area contributed by atoms with Gasteiger partial charge in [-0.1, -0.05) is 12.1 Å². The van der Waals surface area contributed by atoms with Crippen molar-refractivity contribution in [3.63, 3.8) is 0 Å². The van der Waals surface area contributed by atoms with Crippen LogP contribution in [0.15, 0.2) is 41.0 Å². The molecule has 1 aromatic rings. The molecule has 0 fully saturated rings. The molecule has 1 heterocycles. The quantitative estimate of drug-likeness (QED) is 0.427. The number of nitriles is 1. The maximum absolute atomic E-state index is 12.8. The van der Waals surface area contributed by atoms with Crippen molar-refractivity contribution in [3.05, 3.63) is 46.5 Å². The number of rotatable bonds is 7. The predicted octanol–water partition coefficient (Wildman–Crippen LogP) is 2.71. The molecule has 1 aliphatic rings. The first-order valence-corrected chi connectivity index (χ1v) is 8.44. The number of benzene rings is 1. The number of imide groups is 1. The average Bonchev–Trinajstić information content (AvgIpc) is 2.65. The first kappa shape index (κ1) is 19.4. The van der Waals surface area contributed by atoms with E-state index in [2.05, 4.69) is 0 Å². The van der Waals surface area contributed by atoms with Gasteiger partial charge in [-0.25, -0.2) is 0 Å². The van der Waals surface area contributed by atoms with Crippen molar-refractivity contribution in [1.82, 2.24) is 4.90 Å². The molecular formula is C20H22N2O4. The Labute approximate surface area is 153 Å². The van der Waals surface area contributed by atoms with E-state index < -0.39 is 5.91 Å². The Hall–Kier alpha value is -2.91. The summed E-state index contributed by atoms with van der Waals surface area (Å²) < 4.78 is 10.4. The van der Waals surface area contributed by atoms with E-state index in [0.29, 0.717) is 36.5 Å². The SMILES string of the molecule is CCOCCCN1C(=O)C(C#N)=C(C)/C(=C\c2ccc(OC)cc2)C1=O. The van der Waals surface area contributed by atoms with Crippen LogP contribution in [0, 0.1) is 11.3 Å². The summed E-state index contributed by atoms with van der Waals surface area (Å²) in [6.07, 6.45) is 2.22. The zero-order valence-corrected chi connectivity index (χ0v) is 15.2. The first-order chi connectivity index (χ1) is 12.5. The van der Waals surface area contributed by atoms with Crippen LogP contribution in [-0.4, -0.2) is 43.6 Å². The van der Waals surface area contributed by atoms with Gasteiger partial charge in [0, 0.05) is 25.3 Å². The minimum absolute atomic E-state index is 0.000714. The minimum atomic E-state index is -0.543. The summed E-state index contributed by atoms with van der Waals surface area (Å²) in [7, 11) is 1.58. The largest absolute Gasteiger partial charge is 0.497 e. The van der Waals surface area contributed by atoms with E-state index in [1.807, 2.05) is 25.1 Å². The van der Waals surface area contributed by atoms with Crippen molar-refractivity contribution < 1.29 is 19.1 Å². The van der Waals surface area contributed by atoms with E-state index >= 15 is 0 Å². The molecule has 0 bridgehead atoms. The standard InChI is InChI=1S/C20H22N2O4/c1-4-26-11-5-10-22-19(23)17(14(2)18(13-21)20(22)24)12-15-6-8-16(25-3)9-7-15/h6-9,12H,4-5,10-11H2,1-3H3/b17-12+. The van der Waals surface area contributed by atoms with Gasteiger partial charge in [0.15, 0.2) is 0 Å². The van der Waals surface area contributed by atoms with Gasteiger partial charge in [-0.05, 0) is 49.6 Å². The highest BCUT2D eigenvalue weighted by Gasteiger charge is 2.34. The van der Waals surface area contributed by atoms with Crippen molar-refractivity contribution in [2.24, 2.45) is 0 Å². The van der Waals surface area contributed by atoms with E-state index in [4.69, 9.17) is 9.47 Å². The fourth-order valence-corrected chi connectivity index (χ4v) is 2.67. The highest BCUT2D eigenvalue weighted by atomic mass is 16.5. The van der Waals surface area contributed by atoms with Gasteiger partial charge in [-0.3, -0.25) is 14.5 Å². The summed E-state index contributed by atoms with van der Waals surface area (Å²) >= 11 is 0. The van der Waals surface area contributed by atoms with Gasteiger partial charge in [0.25, 0.3) is 11.8 Å². The van der Waals surface area contributed by atoms with Crippen molar-refractivity contribution in [2.45, 2.75) is 20.3 Å². The summed E-state index contributed by atoms with van der Waals surface area (Å²) in [5, 5.41) is 9.36. The van der Waals surface area contributed by atoms with Crippen LogP contribution >= 0.6 is 0 Å². The summed E-state index contributed by atoms with van der Waals surface area (Å²) in [4.78, 5) is 26.4. The number of hydrogen-bond acceptors (Lipinski definition) is 5. The maximum Gasteiger partial charge on any atom is 0.271 e. The van der Waals surface area contributed by atoms with E-state index in [1.165, 1.54) is 0 Å². The van der Waals surface area contributed by atoms with Crippen molar-refractivity contribution in [1.29, 1.82) is 5.26 Å². The highest BCUT2D eigenvalue weighted by Crippen LogP contribution is 2.27. The van der Waals surface area contributed by atoms with E-state index in [0.717, 1.165) is 10.5 Å². The van der Waals surface area contributed by atoms with Crippen LogP contribution in [0.4, 0.5) is 0 Å². The molecule has 0 aliphatic carbocycles. The third-order valence-corrected chi connectivity index (χ3v) is 4.13. The molecule has 6 heteroatoms. The smallest absolute Gasteiger partial charge is 0.271 e. The molecule has 26 heavy (non-hydrogen) atoms. The fourth-order valence-electron chi connectivity index (χ4n) is 2.67. The molecule has 136 valence electrons. The zero-order valence-electron chi connectivity index (χ0n) is 15.2. The highest BCUT2D eigenvalue weighted by molar-refractivity contribution is 6.19. The molecule has 1 aromatic carbocycles. The monoisotopic (exact) mass is 354 g/mol. The van der Waals surface area contributed by atoms with Crippen molar-refractivity contribution in [2.75, 3.05) is 26.9 Å². The van der Waals surface area contributed by atoms with E-state index in [9.17, 15) is 14.9 Å². The molecule has 6 nitrogen and oxygen atoms in total. The molecular weight excluding hydrogens is 332 g/mol. The second kappa shape index (κ2) is 8.97. The second-order valence-corrected chi connectivity index (χ2v) is 5.76. The lowest BCUT2D eigenvalue weighted by Crippen LogP contribution is -2.43. The van der Waals surface area contributed by atoms with Gasteiger partial charge in [-0.15, -0.1) is 0 Å². The number of hydrogen-bond donors (Lipinski definition) is 0. The lowest BCUT2D eigenvalue weighted by molar-refractivity contribution is -0.140. The third kappa shape index (κ3) is 4.19. The molecule has 0 N–H and O–H groups in total. The molecule has 1 aliphatic heterocycles. The van der Waals surface area contributed by atoms with Crippen LogP contribution in [0.3, 0.4) is 0 Å². The Kier molecular flexibility index (Phi) is 6.70. The van der Waals surface area contributed by atoms with Crippen LogP contribution in [0.25, 0.3) is 6.08 Å². The molecule has 0 saturated carbocycles. The van der Waals surface area contributed by atoms with Crippen LogP contribution in [0.2, 0.25) is 0 Å². The Morgan fingerprint density at radius 3 is 2.46 bits per heavy atom. The minimum Gasteiger partial charge on any atom is -0.497 e. The molecule has 2 amide bonds. The topological polar surface area (TPSA) is 79.6 Å². The van der Waals surface area contributed by atoms with Crippen LogP contribution in [0.1, 0.15) is 25.8 Å². The van der Waals surface area contributed by atoms with Crippen molar-refractivity contribution >= 4 is 17.9 Å². The Morgan fingerprint density at radius 1 is 1.19 bits per heavy atom. The zero-order chi connectivity index (χ0) is 19.1. The Bertz CT molecular complexity index is 785. The van der Waals surface area contributed by atoms with Gasteiger partial charge in [-0.2, -0.15) is 5.26 Å². The van der Waals surface area contributed by atoms with Crippen LogP contribution in [-0.2, 0) is 14.3 Å². The number of carbonyl (C=O) groups excluding carboxylic acids is 2. The third-order valence-electron chi connectivity index (χ3n) is 4.13. The number of methoxy groups -OCH3 is 1. The normalized spacial score (nSPS) is 16.2. The maximum atomic E-state index is 12.8. The van der Waals surface area contributed by atoms with Crippen LogP contribution in [0.5, 0.6) is 5.75 Å². The molecule has 0 radical (unpaired) electrons. The fraction of sp³-hybridized carbons (Fsp3) is 0.350. The van der Waals surface area contributed by atoms with Crippen LogP contribution < -0.4 is 4.74 Å². The summed E-state index contributed by atoms with van der Waals surface area (Å²) in [5.74, 6) is -0.225. The Morgan fingerprint density at radius 2 is 1.88 bits per heavy atom. The van der Waals surface area contributed by atoms with Gasteiger partial charge in [0.1, 0.15) is 17.4 Å². The number of amides is 2. The molecule has 0 aromatic heterocycles. The molecule has 2 rings (SSSR count).